The Morgan fingerprint density at radius 2 is 1.59 bits per heavy atom. The topological polar surface area (TPSA) is 36.9 Å². The second-order valence-corrected chi connectivity index (χ2v) is 6.96. The van der Waals surface area contributed by atoms with E-state index in [4.69, 9.17) is 20.6 Å². The smallest absolute Gasteiger partial charge is 0.406 e. The van der Waals surface area contributed by atoms with Gasteiger partial charge in [-0.05, 0) is 42.7 Å². The fourth-order valence-electron chi connectivity index (χ4n) is 3.59. The van der Waals surface area contributed by atoms with Crippen LogP contribution in [0, 0.1) is 12.3 Å². The van der Waals surface area contributed by atoms with Crippen molar-refractivity contribution in [1.29, 1.82) is 0 Å². The van der Waals surface area contributed by atoms with E-state index >= 15 is 0 Å². The lowest BCUT2D eigenvalue weighted by Crippen LogP contribution is -2.45. The summed E-state index contributed by atoms with van der Waals surface area (Å²) in [5, 5.41) is 0. The van der Waals surface area contributed by atoms with Crippen molar-refractivity contribution in [2.24, 2.45) is 0 Å². The Hall–Kier alpha value is -2.53. The molecule has 2 fully saturated rings. The first kappa shape index (κ1) is 19.8. The van der Waals surface area contributed by atoms with E-state index in [0.717, 1.165) is 23.1 Å². The summed E-state index contributed by atoms with van der Waals surface area (Å²) in [4.78, 5) is 0. The lowest BCUT2D eigenvalue weighted by Gasteiger charge is -2.42. The van der Waals surface area contributed by atoms with Gasteiger partial charge in [0.25, 0.3) is 0 Å². The Morgan fingerprint density at radius 3 is 2.24 bits per heavy atom. The van der Waals surface area contributed by atoms with Crippen LogP contribution < -0.4 is 4.74 Å². The molecule has 29 heavy (non-hydrogen) atoms. The molecule has 152 valence electrons. The second-order valence-electron chi connectivity index (χ2n) is 6.96. The predicted octanol–water partition coefficient (Wildman–Crippen LogP) is 4.90. The normalized spacial score (nSPS) is 27.0. The van der Waals surface area contributed by atoms with Gasteiger partial charge in [-0.25, -0.2) is 0 Å². The highest BCUT2D eigenvalue weighted by Gasteiger charge is 2.39. The standard InChI is InChI=1S/C22H19F3O4/c1-2-14-3-5-16(6-4-14)21-26-13-20-19(28-21)12-11-18(27-20)15-7-9-17(10-8-15)29-22(23,24)25/h1,3-10,18-21H,11-13H2/t18-,19+,20-,21-/m1/s1. The molecule has 7 heteroatoms. The molecule has 2 aromatic carbocycles. The number of hydrogen-bond donors (Lipinski definition) is 0. The third-order valence-corrected chi connectivity index (χ3v) is 5.01. The van der Waals surface area contributed by atoms with E-state index < -0.39 is 12.7 Å². The van der Waals surface area contributed by atoms with Crippen molar-refractivity contribution in [2.45, 2.75) is 43.8 Å². The summed E-state index contributed by atoms with van der Waals surface area (Å²) >= 11 is 0. The fraction of sp³-hybridized carbons (Fsp3) is 0.364. The number of benzene rings is 2. The van der Waals surface area contributed by atoms with E-state index in [1.807, 2.05) is 24.3 Å². The molecule has 0 aromatic heterocycles. The SMILES string of the molecule is C#Cc1ccc([C@@H]2OC[C@H]3O[C@@H](c4ccc(OC(F)(F)F)cc4)CC[C@@H]3O2)cc1. The van der Waals surface area contributed by atoms with E-state index in [2.05, 4.69) is 10.7 Å². The van der Waals surface area contributed by atoms with Gasteiger partial charge >= 0.3 is 6.36 Å². The molecule has 2 heterocycles. The van der Waals surface area contributed by atoms with Crippen LogP contribution in [0.2, 0.25) is 0 Å². The monoisotopic (exact) mass is 404 g/mol. The minimum absolute atomic E-state index is 0.106. The average Bonchev–Trinajstić information content (AvgIpc) is 2.72. The van der Waals surface area contributed by atoms with Gasteiger partial charge in [0.15, 0.2) is 6.29 Å². The van der Waals surface area contributed by atoms with Crippen LogP contribution in [0.25, 0.3) is 0 Å². The summed E-state index contributed by atoms with van der Waals surface area (Å²) in [6.07, 6.45) is 1.09. The maximum absolute atomic E-state index is 12.3. The van der Waals surface area contributed by atoms with Gasteiger partial charge in [0.1, 0.15) is 11.9 Å². The van der Waals surface area contributed by atoms with Crippen LogP contribution in [0.4, 0.5) is 13.2 Å². The molecular weight excluding hydrogens is 385 g/mol. The van der Waals surface area contributed by atoms with Crippen LogP contribution >= 0.6 is 0 Å². The fourth-order valence-corrected chi connectivity index (χ4v) is 3.59. The number of alkyl halides is 3. The number of ether oxygens (including phenoxy) is 4. The van der Waals surface area contributed by atoms with E-state index in [0.29, 0.717) is 13.0 Å². The van der Waals surface area contributed by atoms with Gasteiger partial charge in [-0.15, -0.1) is 19.6 Å². The largest absolute Gasteiger partial charge is 0.573 e. The predicted molar refractivity (Wildman–Crippen MR) is 97.9 cm³/mol. The third-order valence-electron chi connectivity index (χ3n) is 5.01. The van der Waals surface area contributed by atoms with Crippen LogP contribution in [0.3, 0.4) is 0 Å². The van der Waals surface area contributed by atoms with E-state index in [-0.39, 0.29) is 24.1 Å². The first-order chi connectivity index (χ1) is 13.9. The molecular formula is C22H19F3O4. The van der Waals surface area contributed by atoms with Crippen molar-refractivity contribution in [3.63, 3.8) is 0 Å². The molecule has 2 saturated heterocycles. The number of rotatable bonds is 3. The second kappa shape index (κ2) is 8.07. The van der Waals surface area contributed by atoms with Crippen LogP contribution in [-0.2, 0) is 14.2 Å². The minimum Gasteiger partial charge on any atom is -0.406 e. The molecule has 0 N–H and O–H groups in total. The number of terminal acetylenes is 1. The average molecular weight is 404 g/mol. The Bertz CT molecular complexity index is 871. The lowest BCUT2D eigenvalue weighted by molar-refractivity contribution is -0.289. The number of fused-ring (bicyclic) bond motifs is 1. The molecule has 0 aliphatic carbocycles. The summed E-state index contributed by atoms with van der Waals surface area (Å²) in [6.45, 7) is 0.373. The highest BCUT2D eigenvalue weighted by atomic mass is 19.4. The lowest BCUT2D eigenvalue weighted by atomic mass is 9.95. The summed E-state index contributed by atoms with van der Waals surface area (Å²) in [5.41, 5.74) is 2.48. The zero-order valence-electron chi connectivity index (χ0n) is 15.4. The molecule has 4 rings (SSSR count). The number of hydrogen-bond acceptors (Lipinski definition) is 4. The molecule has 0 spiro atoms. The van der Waals surface area contributed by atoms with Crippen molar-refractivity contribution in [1.82, 2.24) is 0 Å². The zero-order valence-corrected chi connectivity index (χ0v) is 15.4. The molecule has 0 unspecified atom stereocenters. The van der Waals surface area contributed by atoms with Crippen molar-refractivity contribution in [2.75, 3.05) is 6.61 Å². The van der Waals surface area contributed by atoms with E-state index in [1.54, 1.807) is 12.1 Å². The molecule has 4 atom stereocenters. The molecule has 2 aliphatic rings. The van der Waals surface area contributed by atoms with Crippen molar-refractivity contribution in [3.05, 3.63) is 65.2 Å². The minimum atomic E-state index is -4.70. The molecule has 2 aromatic rings. The molecule has 0 bridgehead atoms. The van der Waals surface area contributed by atoms with Gasteiger partial charge in [0.2, 0.25) is 0 Å². The van der Waals surface area contributed by atoms with Crippen LogP contribution in [-0.4, -0.2) is 25.2 Å². The summed E-state index contributed by atoms with van der Waals surface area (Å²) in [5.74, 6) is 2.32. The third kappa shape index (κ3) is 4.73. The van der Waals surface area contributed by atoms with Gasteiger partial charge in [-0.1, -0.05) is 30.2 Å². The van der Waals surface area contributed by atoms with E-state index in [9.17, 15) is 13.2 Å². The van der Waals surface area contributed by atoms with Crippen LogP contribution in [0.5, 0.6) is 5.75 Å². The molecule has 2 aliphatic heterocycles. The summed E-state index contributed by atoms with van der Waals surface area (Å²) in [7, 11) is 0. The van der Waals surface area contributed by atoms with Crippen molar-refractivity contribution >= 4 is 0 Å². The summed E-state index contributed by atoms with van der Waals surface area (Å²) in [6, 6.07) is 13.2. The van der Waals surface area contributed by atoms with Gasteiger partial charge in [0.05, 0.1) is 18.8 Å². The highest BCUT2D eigenvalue weighted by molar-refractivity contribution is 5.34. The maximum Gasteiger partial charge on any atom is 0.573 e. The van der Waals surface area contributed by atoms with Crippen molar-refractivity contribution in [3.8, 4) is 18.1 Å². The van der Waals surface area contributed by atoms with Gasteiger partial charge in [-0.2, -0.15) is 0 Å². The first-order valence-electron chi connectivity index (χ1n) is 9.26. The Labute approximate surface area is 166 Å². The Balaban J connectivity index is 1.36. The number of halogens is 3. The van der Waals surface area contributed by atoms with E-state index in [1.165, 1.54) is 12.1 Å². The Morgan fingerprint density at radius 1 is 0.897 bits per heavy atom. The Kier molecular flexibility index (Phi) is 5.50. The molecule has 0 saturated carbocycles. The van der Waals surface area contributed by atoms with Gasteiger partial charge < -0.3 is 18.9 Å². The highest BCUT2D eigenvalue weighted by Crippen LogP contribution is 2.39. The van der Waals surface area contributed by atoms with Crippen LogP contribution in [0.1, 0.15) is 41.9 Å². The maximum atomic E-state index is 12.3. The summed E-state index contributed by atoms with van der Waals surface area (Å²) < 4.78 is 58.8. The van der Waals surface area contributed by atoms with Crippen molar-refractivity contribution < 1.29 is 32.1 Å². The van der Waals surface area contributed by atoms with Gasteiger partial charge in [-0.3, -0.25) is 0 Å². The zero-order chi connectivity index (χ0) is 20.4. The molecule has 4 nitrogen and oxygen atoms in total. The molecule has 0 amide bonds. The van der Waals surface area contributed by atoms with Gasteiger partial charge in [0, 0.05) is 11.1 Å². The first-order valence-corrected chi connectivity index (χ1v) is 9.26. The molecule has 0 radical (unpaired) electrons. The quantitative estimate of drug-likeness (QED) is 0.682. The van der Waals surface area contributed by atoms with Crippen LogP contribution in [0.15, 0.2) is 48.5 Å².